The maximum atomic E-state index is 11.8. The second-order valence-corrected chi connectivity index (χ2v) is 4.76. The number of halogens is 1. The van der Waals surface area contributed by atoms with Crippen LogP contribution in [0.15, 0.2) is 18.3 Å². The highest BCUT2D eigenvalue weighted by Gasteiger charge is 2.18. The van der Waals surface area contributed by atoms with Crippen LogP contribution in [0.5, 0.6) is 0 Å². The van der Waals surface area contributed by atoms with Gasteiger partial charge < -0.3 is 15.0 Å². The van der Waals surface area contributed by atoms with Crippen LogP contribution in [0.1, 0.15) is 10.5 Å². The first kappa shape index (κ1) is 13.3. The van der Waals surface area contributed by atoms with Crippen LogP contribution in [0.2, 0.25) is 5.02 Å². The molecule has 1 fully saturated rings. The van der Waals surface area contributed by atoms with Crippen molar-refractivity contribution in [3.8, 4) is 0 Å². The topological polar surface area (TPSA) is 54.5 Å². The van der Waals surface area contributed by atoms with Gasteiger partial charge in [0.2, 0.25) is 0 Å². The molecule has 2 heterocycles. The highest BCUT2D eigenvalue weighted by Crippen LogP contribution is 2.08. The molecule has 1 aromatic rings. The Kier molecular flexibility index (Phi) is 4.52. The fourth-order valence-electron chi connectivity index (χ4n) is 1.82. The number of nitrogens with one attached hydrogen (secondary N) is 1. The summed E-state index contributed by atoms with van der Waals surface area (Å²) < 4.78 is 5.56. The van der Waals surface area contributed by atoms with E-state index in [9.17, 15) is 4.79 Å². The first-order chi connectivity index (χ1) is 8.65. The Bertz CT molecular complexity index is 428. The zero-order valence-corrected chi connectivity index (χ0v) is 11.0. The molecule has 0 aromatic carbocycles. The number of amides is 1. The molecule has 0 saturated carbocycles. The van der Waals surface area contributed by atoms with E-state index < -0.39 is 0 Å². The molecule has 98 valence electrons. The molecule has 1 aliphatic heterocycles. The first-order valence-corrected chi connectivity index (χ1v) is 6.23. The molecule has 1 atom stereocenters. The van der Waals surface area contributed by atoms with Crippen molar-refractivity contribution in [2.24, 2.45) is 0 Å². The average molecular weight is 270 g/mol. The van der Waals surface area contributed by atoms with Crippen molar-refractivity contribution in [3.05, 3.63) is 29.0 Å². The normalized spacial score (nSPS) is 20.7. The van der Waals surface area contributed by atoms with Crippen molar-refractivity contribution < 1.29 is 9.53 Å². The Balaban J connectivity index is 1.84. The second kappa shape index (κ2) is 6.13. The van der Waals surface area contributed by atoms with E-state index >= 15 is 0 Å². The zero-order chi connectivity index (χ0) is 13.0. The van der Waals surface area contributed by atoms with E-state index in [1.165, 1.54) is 6.20 Å². The van der Waals surface area contributed by atoms with Crippen LogP contribution in [0.4, 0.5) is 0 Å². The summed E-state index contributed by atoms with van der Waals surface area (Å²) in [5.74, 6) is -0.227. The lowest BCUT2D eigenvalue weighted by molar-refractivity contribution is -0.0175. The predicted octanol–water partition coefficient (Wildman–Crippen LogP) is 0.795. The van der Waals surface area contributed by atoms with E-state index in [1.54, 1.807) is 12.1 Å². The maximum absolute atomic E-state index is 11.8. The SMILES string of the molecule is CN1CCOC(CNC(=O)c2cc(Cl)ccn2)C1. The quantitative estimate of drug-likeness (QED) is 0.882. The minimum atomic E-state index is -0.227. The highest BCUT2D eigenvalue weighted by molar-refractivity contribution is 6.30. The smallest absolute Gasteiger partial charge is 0.270 e. The molecule has 0 aliphatic carbocycles. The Morgan fingerprint density at radius 3 is 3.28 bits per heavy atom. The van der Waals surface area contributed by atoms with Crippen molar-refractivity contribution in [1.82, 2.24) is 15.2 Å². The van der Waals surface area contributed by atoms with Crippen molar-refractivity contribution >= 4 is 17.5 Å². The lowest BCUT2D eigenvalue weighted by Crippen LogP contribution is -2.46. The molecule has 2 rings (SSSR count). The lowest BCUT2D eigenvalue weighted by atomic mass is 10.2. The summed E-state index contributed by atoms with van der Waals surface area (Å²) in [6.07, 6.45) is 1.55. The summed E-state index contributed by atoms with van der Waals surface area (Å²) in [5, 5.41) is 3.31. The van der Waals surface area contributed by atoms with Gasteiger partial charge in [0.25, 0.3) is 5.91 Å². The van der Waals surface area contributed by atoms with Crippen LogP contribution in [0, 0.1) is 0 Å². The predicted molar refractivity (Wildman–Crippen MR) is 68.8 cm³/mol. The van der Waals surface area contributed by atoms with Crippen molar-refractivity contribution in [2.45, 2.75) is 6.10 Å². The van der Waals surface area contributed by atoms with Crippen LogP contribution >= 0.6 is 11.6 Å². The van der Waals surface area contributed by atoms with Crippen LogP contribution in [0.25, 0.3) is 0 Å². The molecule has 0 radical (unpaired) electrons. The molecule has 6 heteroatoms. The Labute approximate surface area is 111 Å². The summed E-state index contributed by atoms with van der Waals surface area (Å²) in [4.78, 5) is 18.0. The highest BCUT2D eigenvalue weighted by atomic mass is 35.5. The summed E-state index contributed by atoms with van der Waals surface area (Å²) >= 11 is 5.81. The van der Waals surface area contributed by atoms with Crippen LogP contribution < -0.4 is 5.32 Å². The van der Waals surface area contributed by atoms with Crippen LogP contribution in [0.3, 0.4) is 0 Å². The molecule has 0 spiro atoms. The van der Waals surface area contributed by atoms with Gasteiger partial charge in [-0.15, -0.1) is 0 Å². The molecular weight excluding hydrogens is 254 g/mol. The van der Waals surface area contributed by atoms with Gasteiger partial charge in [-0.3, -0.25) is 9.78 Å². The van der Waals surface area contributed by atoms with E-state index in [0.29, 0.717) is 23.9 Å². The molecule has 1 aromatic heterocycles. The molecule has 1 saturated heterocycles. The van der Waals surface area contributed by atoms with E-state index in [2.05, 4.69) is 15.2 Å². The molecule has 5 nitrogen and oxygen atoms in total. The number of carbonyl (C=O) groups is 1. The largest absolute Gasteiger partial charge is 0.374 e. The number of rotatable bonds is 3. The third-order valence-electron chi connectivity index (χ3n) is 2.79. The van der Waals surface area contributed by atoms with Crippen LogP contribution in [-0.2, 0) is 4.74 Å². The Hall–Kier alpha value is -1.17. The van der Waals surface area contributed by atoms with Gasteiger partial charge in [-0.05, 0) is 19.2 Å². The van der Waals surface area contributed by atoms with Crippen molar-refractivity contribution in [1.29, 1.82) is 0 Å². The number of pyridine rings is 1. The number of carbonyl (C=O) groups excluding carboxylic acids is 1. The van der Waals surface area contributed by atoms with E-state index in [4.69, 9.17) is 16.3 Å². The van der Waals surface area contributed by atoms with E-state index in [1.807, 2.05) is 7.05 Å². The minimum Gasteiger partial charge on any atom is -0.374 e. The lowest BCUT2D eigenvalue weighted by Gasteiger charge is -2.30. The molecule has 0 bridgehead atoms. The number of nitrogens with zero attached hydrogens (tertiary/aromatic N) is 2. The van der Waals surface area contributed by atoms with E-state index in [0.717, 1.165) is 13.1 Å². The van der Waals surface area contributed by atoms with Gasteiger partial charge in [0.15, 0.2) is 0 Å². The number of aromatic nitrogens is 1. The number of hydrogen-bond donors (Lipinski definition) is 1. The molecular formula is C12H16ClN3O2. The van der Waals surface area contributed by atoms with Crippen molar-refractivity contribution in [3.63, 3.8) is 0 Å². The van der Waals surface area contributed by atoms with Gasteiger partial charge in [-0.25, -0.2) is 0 Å². The monoisotopic (exact) mass is 269 g/mol. The maximum Gasteiger partial charge on any atom is 0.270 e. The van der Waals surface area contributed by atoms with E-state index in [-0.39, 0.29) is 12.0 Å². The number of likely N-dealkylation sites (N-methyl/N-ethyl adjacent to an activating group) is 1. The third kappa shape index (κ3) is 3.66. The van der Waals surface area contributed by atoms with Gasteiger partial charge in [-0.1, -0.05) is 11.6 Å². The summed E-state index contributed by atoms with van der Waals surface area (Å²) in [6, 6.07) is 3.18. The number of ether oxygens (including phenoxy) is 1. The van der Waals surface area contributed by atoms with Crippen molar-refractivity contribution in [2.75, 3.05) is 33.3 Å². The average Bonchev–Trinajstić information content (AvgIpc) is 2.36. The number of hydrogen-bond acceptors (Lipinski definition) is 4. The van der Waals surface area contributed by atoms with Gasteiger partial charge >= 0.3 is 0 Å². The van der Waals surface area contributed by atoms with Gasteiger partial charge in [0.05, 0.1) is 12.7 Å². The molecule has 1 unspecified atom stereocenters. The molecule has 1 aliphatic rings. The molecule has 18 heavy (non-hydrogen) atoms. The zero-order valence-electron chi connectivity index (χ0n) is 10.2. The third-order valence-corrected chi connectivity index (χ3v) is 3.02. The van der Waals surface area contributed by atoms with Crippen LogP contribution in [-0.4, -0.2) is 55.2 Å². The Morgan fingerprint density at radius 2 is 2.56 bits per heavy atom. The first-order valence-electron chi connectivity index (χ1n) is 5.85. The standard InChI is InChI=1S/C12H16ClN3O2/c1-16-4-5-18-10(8-16)7-15-12(17)11-6-9(13)2-3-14-11/h2-3,6,10H,4-5,7-8H2,1H3,(H,15,17). The molecule has 1 N–H and O–H groups in total. The van der Waals surface area contributed by atoms with Gasteiger partial charge in [0, 0.05) is 30.9 Å². The fourth-order valence-corrected chi connectivity index (χ4v) is 1.98. The second-order valence-electron chi connectivity index (χ2n) is 4.32. The fraction of sp³-hybridized carbons (Fsp3) is 0.500. The Morgan fingerprint density at radius 1 is 1.72 bits per heavy atom. The summed E-state index contributed by atoms with van der Waals surface area (Å²) in [5.41, 5.74) is 0.326. The molecule has 1 amide bonds. The minimum absolute atomic E-state index is 0.0342. The summed E-state index contributed by atoms with van der Waals surface area (Å²) in [7, 11) is 2.04. The number of morpholine rings is 1. The van der Waals surface area contributed by atoms with Gasteiger partial charge in [-0.2, -0.15) is 0 Å². The summed E-state index contributed by atoms with van der Waals surface area (Å²) in [6.45, 7) is 2.94. The van der Waals surface area contributed by atoms with Gasteiger partial charge in [0.1, 0.15) is 5.69 Å².